The SMILES string of the molecule is Cc1ncc(-c2ccnc(C(C)(C)C)c2)cc1-n1c(C)cc(OCc2ccc(F)cc2F)c(Cl)c1=O. The number of pyridine rings is 3. The average molecular weight is 510 g/mol. The Hall–Kier alpha value is -3.58. The minimum Gasteiger partial charge on any atom is -0.487 e. The first-order chi connectivity index (χ1) is 17.0. The predicted octanol–water partition coefficient (Wildman–Crippen LogP) is 6.72. The maximum absolute atomic E-state index is 14.0. The molecule has 36 heavy (non-hydrogen) atoms. The molecule has 3 aromatic heterocycles. The summed E-state index contributed by atoms with van der Waals surface area (Å²) in [4.78, 5) is 22.3. The van der Waals surface area contributed by atoms with Gasteiger partial charge in [0, 0.05) is 52.5 Å². The molecule has 0 saturated heterocycles. The normalized spacial score (nSPS) is 11.6. The lowest BCUT2D eigenvalue weighted by Gasteiger charge is -2.19. The summed E-state index contributed by atoms with van der Waals surface area (Å²) in [6, 6.07) is 10.6. The number of halogens is 3. The second-order valence-electron chi connectivity index (χ2n) is 9.64. The number of benzene rings is 1. The summed E-state index contributed by atoms with van der Waals surface area (Å²) in [5, 5.41) is -0.146. The summed E-state index contributed by atoms with van der Waals surface area (Å²) in [5.74, 6) is -1.30. The smallest absolute Gasteiger partial charge is 0.277 e. The second-order valence-corrected chi connectivity index (χ2v) is 10.0. The Morgan fingerprint density at radius 3 is 2.44 bits per heavy atom. The maximum atomic E-state index is 14.0. The molecule has 0 atom stereocenters. The molecule has 0 amide bonds. The molecule has 0 fully saturated rings. The Bertz CT molecular complexity index is 1510. The third kappa shape index (κ3) is 5.16. The summed E-state index contributed by atoms with van der Waals surface area (Å²) < 4.78 is 34.3. The van der Waals surface area contributed by atoms with E-state index in [2.05, 4.69) is 30.7 Å². The Kier molecular flexibility index (Phi) is 6.96. The summed E-state index contributed by atoms with van der Waals surface area (Å²) in [6.45, 7) is 9.64. The van der Waals surface area contributed by atoms with Gasteiger partial charge < -0.3 is 4.74 Å². The van der Waals surface area contributed by atoms with Gasteiger partial charge in [0.2, 0.25) is 0 Å². The first-order valence-corrected chi connectivity index (χ1v) is 11.8. The fourth-order valence-electron chi connectivity index (χ4n) is 3.81. The monoisotopic (exact) mass is 509 g/mol. The van der Waals surface area contributed by atoms with E-state index < -0.39 is 17.2 Å². The van der Waals surface area contributed by atoms with Gasteiger partial charge in [-0.05, 0) is 49.7 Å². The molecule has 3 heterocycles. The van der Waals surface area contributed by atoms with Crippen molar-refractivity contribution in [3.8, 4) is 22.6 Å². The fraction of sp³-hybridized carbons (Fsp3) is 0.250. The minimum atomic E-state index is -0.736. The fourth-order valence-corrected chi connectivity index (χ4v) is 4.00. The number of nitrogens with zero attached hydrogens (tertiary/aromatic N) is 3. The van der Waals surface area contributed by atoms with E-state index in [-0.39, 0.29) is 28.4 Å². The third-order valence-electron chi connectivity index (χ3n) is 5.86. The molecule has 0 spiro atoms. The average Bonchev–Trinajstić information content (AvgIpc) is 2.82. The number of aryl methyl sites for hydroxylation is 2. The van der Waals surface area contributed by atoms with Gasteiger partial charge in [0.15, 0.2) is 0 Å². The van der Waals surface area contributed by atoms with E-state index >= 15 is 0 Å². The molecule has 0 radical (unpaired) electrons. The standard InChI is InChI=1S/C28H26ClF2N3O2/c1-16-10-24(36-15-19-6-7-21(30)13-22(19)31)26(29)27(35)34(16)23-11-20(14-33-17(23)2)18-8-9-32-25(12-18)28(3,4)5/h6-14H,15H2,1-5H3. The van der Waals surface area contributed by atoms with Crippen LogP contribution in [-0.4, -0.2) is 14.5 Å². The van der Waals surface area contributed by atoms with Crippen LogP contribution in [0.15, 0.2) is 59.7 Å². The van der Waals surface area contributed by atoms with Crippen molar-refractivity contribution in [2.24, 2.45) is 0 Å². The summed E-state index contributed by atoms with van der Waals surface area (Å²) in [5.41, 5.74) is 4.04. The molecule has 5 nitrogen and oxygen atoms in total. The second kappa shape index (κ2) is 9.82. The number of ether oxygens (including phenoxy) is 1. The predicted molar refractivity (Wildman–Crippen MR) is 137 cm³/mol. The van der Waals surface area contributed by atoms with Crippen LogP contribution in [0.25, 0.3) is 16.8 Å². The van der Waals surface area contributed by atoms with Gasteiger partial charge in [-0.15, -0.1) is 0 Å². The number of aromatic nitrogens is 3. The van der Waals surface area contributed by atoms with Gasteiger partial charge in [-0.3, -0.25) is 19.3 Å². The molecule has 0 unspecified atom stereocenters. The molecule has 4 rings (SSSR count). The molecular formula is C28H26ClF2N3O2. The lowest BCUT2D eigenvalue weighted by atomic mass is 9.90. The largest absolute Gasteiger partial charge is 0.487 e. The number of hydrogen-bond acceptors (Lipinski definition) is 4. The molecule has 0 aliphatic carbocycles. The zero-order chi connectivity index (χ0) is 26.2. The van der Waals surface area contributed by atoms with Crippen molar-refractivity contribution < 1.29 is 13.5 Å². The van der Waals surface area contributed by atoms with Crippen molar-refractivity contribution in [2.75, 3.05) is 0 Å². The van der Waals surface area contributed by atoms with Gasteiger partial charge in [0.1, 0.15) is 29.0 Å². The van der Waals surface area contributed by atoms with Gasteiger partial charge in [0.05, 0.1) is 11.4 Å². The van der Waals surface area contributed by atoms with Gasteiger partial charge in [-0.1, -0.05) is 32.4 Å². The summed E-state index contributed by atoms with van der Waals surface area (Å²) in [7, 11) is 0. The van der Waals surface area contributed by atoms with Crippen LogP contribution in [0.5, 0.6) is 5.75 Å². The minimum absolute atomic E-state index is 0.116. The van der Waals surface area contributed by atoms with Crippen LogP contribution in [0.1, 0.15) is 43.4 Å². The van der Waals surface area contributed by atoms with E-state index in [9.17, 15) is 13.6 Å². The van der Waals surface area contributed by atoms with E-state index in [0.29, 0.717) is 17.1 Å². The van der Waals surface area contributed by atoms with Crippen LogP contribution in [-0.2, 0) is 12.0 Å². The first kappa shape index (κ1) is 25.5. The Balaban J connectivity index is 1.72. The van der Waals surface area contributed by atoms with Gasteiger partial charge in [-0.25, -0.2) is 8.78 Å². The number of hydrogen-bond donors (Lipinski definition) is 0. The van der Waals surface area contributed by atoms with Crippen LogP contribution in [0.4, 0.5) is 8.78 Å². The van der Waals surface area contributed by atoms with Crippen LogP contribution < -0.4 is 10.3 Å². The molecule has 186 valence electrons. The zero-order valence-electron chi connectivity index (χ0n) is 20.7. The number of rotatable bonds is 5. The van der Waals surface area contributed by atoms with Crippen molar-refractivity contribution in [1.82, 2.24) is 14.5 Å². The molecule has 0 N–H and O–H groups in total. The van der Waals surface area contributed by atoms with Crippen molar-refractivity contribution >= 4 is 11.6 Å². The Labute approximate surface area is 213 Å². The third-order valence-corrected chi connectivity index (χ3v) is 6.21. The van der Waals surface area contributed by atoms with E-state index in [1.807, 2.05) is 25.1 Å². The lowest BCUT2D eigenvalue weighted by Crippen LogP contribution is -2.23. The zero-order valence-corrected chi connectivity index (χ0v) is 21.5. The van der Waals surface area contributed by atoms with Gasteiger partial charge in [0.25, 0.3) is 5.56 Å². The molecule has 1 aromatic carbocycles. The van der Waals surface area contributed by atoms with E-state index in [0.717, 1.165) is 29.0 Å². The van der Waals surface area contributed by atoms with Crippen molar-refractivity contribution in [3.63, 3.8) is 0 Å². The van der Waals surface area contributed by atoms with E-state index in [4.69, 9.17) is 16.3 Å². The quantitative estimate of drug-likeness (QED) is 0.299. The topological polar surface area (TPSA) is 57.0 Å². The highest BCUT2D eigenvalue weighted by atomic mass is 35.5. The van der Waals surface area contributed by atoms with Crippen molar-refractivity contribution in [2.45, 2.75) is 46.6 Å². The lowest BCUT2D eigenvalue weighted by molar-refractivity contribution is 0.298. The maximum Gasteiger partial charge on any atom is 0.277 e. The van der Waals surface area contributed by atoms with E-state index in [1.54, 1.807) is 25.4 Å². The highest BCUT2D eigenvalue weighted by Gasteiger charge is 2.19. The van der Waals surface area contributed by atoms with Crippen LogP contribution in [0.2, 0.25) is 5.02 Å². The Morgan fingerprint density at radius 1 is 1.00 bits per heavy atom. The van der Waals surface area contributed by atoms with Crippen LogP contribution in [0, 0.1) is 25.5 Å². The van der Waals surface area contributed by atoms with Crippen LogP contribution in [0.3, 0.4) is 0 Å². The molecule has 0 saturated carbocycles. The van der Waals surface area contributed by atoms with Crippen LogP contribution >= 0.6 is 11.6 Å². The summed E-state index contributed by atoms with van der Waals surface area (Å²) in [6.07, 6.45) is 3.52. The van der Waals surface area contributed by atoms with Crippen molar-refractivity contribution in [1.29, 1.82) is 0 Å². The molecule has 8 heteroatoms. The summed E-state index contributed by atoms with van der Waals surface area (Å²) >= 11 is 6.39. The van der Waals surface area contributed by atoms with E-state index in [1.165, 1.54) is 10.6 Å². The highest BCUT2D eigenvalue weighted by Crippen LogP contribution is 2.29. The molecule has 0 bridgehead atoms. The van der Waals surface area contributed by atoms with Gasteiger partial charge in [-0.2, -0.15) is 0 Å². The Morgan fingerprint density at radius 2 is 1.75 bits per heavy atom. The van der Waals surface area contributed by atoms with Gasteiger partial charge >= 0.3 is 0 Å². The molecular weight excluding hydrogens is 484 g/mol. The molecule has 0 aliphatic rings. The first-order valence-electron chi connectivity index (χ1n) is 11.4. The molecule has 4 aromatic rings. The highest BCUT2D eigenvalue weighted by molar-refractivity contribution is 6.31. The molecule has 0 aliphatic heterocycles. The van der Waals surface area contributed by atoms with Crippen molar-refractivity contribution in [3.05, 3.63) is 105 Å².